The third-order valence-electron chi connectivity index (χ3n) is 4.60. The van der Waals surface area contributed by atoms with Gasteiger partial charge in [0.15, 0.2) is 5.43 Å². The van der Waals surface area contributed by atoms with Gasteiger partial charge in [0, 0.05) is 48.1 Å². The molecule has 2 rings (SSSR count). The largest absolute Gasteiger partial charge is 0.388 e. The summed E-state index contributed by atoms with van der Waals surface area (Å²) in [7, 11) is 0. The number of aryl methyl sites for hydroxylation is 1. The van der Waals surface area contributed by atoms with E-state index in [1.165, 1.54) is 0 Å². The molecule has 19 heavy (non-hydrogen) atoms. The SMILES string of the molecule is Cc1c[nH]c(CN2CC(C)(C)C(C)(O)C2)c(C)c1=O. The van der Waals surface area contributed by atoms with E-state index in [1.54, 1.807) is 6.20 Å². The van der Waals surface area contributed by atoms with E-state index in [2.05, 4.69) is 23.7 Å². The Morgan fingerprint density at radius 3 is 2.47 bits per heavy atom. The van der Waals surface area contributed by atoms with Crippen molar-refractivity contribution in [3.05, 3.63) is 33.2 Å². The van der Waals surface area contributed by atoms with Crippen LogP contribution in [0.3, 0.4) is 0 Å². The maximum Gasteiger partial charge on any atom is 0.187 e. The fourth-order valence-corrected chi connectivity index (χ4v) is 2.74. The molecule has 0 radical (unpaired) electrons. The zero-order valence-corrected chi connectivity index (χ0v) is 12.5. The van der Waals surface area contributed by atoms with Gasteiger partial charge in [-0.3, -0.25) is 9.69 Å². The van der Waals surface area contributed by atoms with Crippen LogP contribution in [0.5, 0.6) is 0 Å². The average molecular weight is 264 g/mol. The van der Waals surface area contributed by atoms with Crippen molar-refractivity contribution in [2.75, 3.05) is 13.1 Å². The summed E-state index contributed by atoms with van der Waals surface area (Å²) in [5.41, 5.74) is 1.76. The standard InChI is InChI=1S/C15H24N2O2/c1-10-6-16-12(11(2)13(10)18)7-17-8-14(3,4)15(5,19)9-17/h6,19H,7-9H2,1-5H3,(H,16,18). The van der Waals surface area contributed by atoms with E-state index in [-0.39, 0.29) is 10.8 Å². The Bertz CT molecular complexity index is 528. The van der Waals surface area contributed by atoms with Crippen molar-refractivity contribution >= 4 is 0 Å². The fourth-order valence-electron chi connectivity index (χ4n) is 2.74. The van der Waals surface area contributed by atoms with Gasteiger partial charge in [-0.15, -0.1) is 0 Å². The molecule has 1 aliphatic heterocycles. The van der Waals surface area contributed by atoms with Crippen molar-refractivity contribution in [2.45, 2.75) is 46.8 Å². The van der Waals surface area contributed by atoms with Gasteiger partial charge in [0.1, 0.15) is 0 Å². The maximum absolute atomic E-state index is 11.9. The minimum atomic E-state index is -0.689. The summed E-state index contributed by atoms with van der Waals surface area (Å²) in [6.07, 6.45) is 1.77. The highest BCUT2D eigenvalue weighted by Gasteiger charge is 2.47. The summed E-state index contributed by atoms with van der Waals surface area (Å²) in [4.78, 5) is 17.3. The lowest BCUT2D eigenvalue weighted by Crippen LogP contribution is -2.40. The molecular formula is C15H24N2O2. The van der Waals surface area contributed by atoms with Crippen molar-refractivity contribution < 1.29 is 5.11 Å². The van der Waals surface area contributed by atoms with Crippen molar-refractivity contribution in [2.24, 2.45) is 5.41 Å². The highest BCUT2D eigenvalue weighted by atomic mass is 16.3. The van der Waals surface area contributed by atoms with Gasteiger partial charge >= 0.3 is 0 Å². The number of rotatable bonds is 2. The molecule has 1 aliphatic rings. The lowest BCUT2D eigenvalue weighted by Gasteiger charge is -2.31. The van der Waals surface area contributed by atoms with E-state index in [4.69, 9.17) is 0 Å². The van der Waals surface area contributed by atoms with E-state index >= 15 is 0 Å². The Hall–Kier alpha value is -1.13. The first-order valence-electron chi connectivity index (χ1n) is 6.76. The van der Waals surface area contributed by atoms with E-state index < -0.39 is 5.60 Å². The third-order valence-corrected chi connectivity index (χ3v) is 4.60. The molecule has 4 nitrogen and oxygen atoms in total. The zero-order valence-electron chi connectivity index (χ0n) is 12.5. The van der Waals surface area contributed by atoms with Gasteiger partial charge < -0.3 is 10.1 Å². The molecule has 0 aromatic carbocycles. The van der Waals surface area contributed by atoms with Crippen LogP contribution < -0.4 is 5.43 Å². The average Bonchev–Trinajstić information content (AvgIpc) is 2.48. The molecule has 0 spiro atoms. The van der Waals surface area contributed by atoms with Crippen LogP contribution in [0.1, 0.15) is 37.6 Å². The Balaban J connectivity index is 2.21. The number of pyridine rings is 1. The minimum absolute atomic E-state index is 0.110. The van der Waals surface area contributed by atoms with E-state index in [9.17, 15) is 9.90 Å². The van der Waals surface area contributed by atoms with Crippen molar-refractivity contribution in [3.63, 3.8) is 0 Å². The van der Waals surface area contributed by atoms with Gasteiger partial charge in [-0.2, -0.15) is 0 Å². The molecule has 1 aromatic rings. The van der Waals surface area contributed by atoms with Crippen LogP contribution in [0.4, 0.5) is 0 Å². The number of aliphatic hydroxyl groups is 1. The second-order valence-electron chi connectivity index (χ2n) is 6.71. The van der Waals surface area contributed by atoms with Gasteiger partial charge in [-0.1, -0.05) is 13.8 Å². The van der Waals surface area contributed by atoms with Crippen LogP contribution in [-0.4, -0.2) is 33.7 Å². The van der Waals surface area contributed by atoms with Crippen molar-refractivity contribution in [3.8, 4) is 0 Å². The summed E-state index contributed by atoms with van der Waals surface area (Å²) in [6.45, 7) is 11.9. The van der Waals surface area contributed by atoms with Crippen LogP contribution in [0.2, 0.25) is 0 Å². The minimum Gasteiger partial charge on any atom is -0.388 e. The number of H-pyrrole nitrogens is 1. The molecule has 1 atom stereocenters. The number of β-amino-alcohol motifs (C(OH)–C–C–N with tert-alkyl or cyclic N) is 1. The molecule has 4 heteroatoms. The molecule has 0 saturated carbocycles. The summed E-state index contributed by atoms with van der Waals surface area (Å²) in [5.74, 6) is 0. The van der Waals surface area contributed by atoms with Gasteiger partial charge in [0.2, 0.25) is 0 Å². The van der Waals surface area contributed by atoms with Gasteiger partial charge in [0.25, 0.3) is 0 Å². The highest BCUT2D eigenvalue weighted by molar-refractivity contribution is 5.23. The first-order chi connectivity index (χ1) is 8.64. The zero-order chi connectivity index (χ0) is 14.4. The number of hydrogen-bond acceptors (Lipinski definition) is 3. The molecule has 1 aromatic heterocycles. The quantitative estimate of drug-likeness (QED) is 0.853. The summed E-state index contributed by atoms with van der Waals surface area (Å²) in [6, 6.07) is 0. The Kier molecular flexibility index (Phi) is 3.35. The molecule has 1 saturated heterocycles. The topological polar surface area (TPSA) is 56.3 Å². The summed E-state index contributed by atoms with van der Waals surface area (Å²) >= 11 is 0. The number of likely N-dealkylation sites (tertiary alicyclic amines) is 1. The monoisotopic (exact) mass is 264 g/mol. The Labute approximate surface area is 114 Å². The van der Waals surface area contributed by atoms with Crippen LogP contribution in [0.15, 0.2) is 11.0 Å². The molecule has 0 amide bonds. The molecule has 0 aliphatic carbocycles. The van der Waals surface area contributed by atoms with Crippen LogP contribution in [0, 0.1) is 19.3 Å². The van der Waals surface area contributed by atoms with Crippen LogP contribution >= 0.6 is 0 Å². The first-order valence-corrected chi connectivity index (χ1v) is 6.76. The summed E-state index contributed by atoms with van der Waals surface area (Å²) < 4.78 is 0. The second kappa shape index (κ2) is 4.46. The molecule has 1 fully saturated rings. The predicted octanol–water partition coefficient (Wildman–Crippen LogP) is 1.58. The van der Waals surface area contributed by atoms with Gasteiger partial charge in [-0.25, -0.2) is 0 Å². The fraction of sp³-hybridized carbons (Fsp3) is 0.667. The van der Waals surface area contributed by atoms with Gasteiger partial charge in [0.05, 0.1) is 5.60 Å². The van der Waals surface area contributed by atoms with E-state index in [0.29, 0.717) is 13.1 Å². The number of aromatic nitrogens is 1. The molecular weight excluding hydrogens is 240 g/mol. The Morgan fingerprint density at radius 2 is 1.95 bits per heavy atom. The molecule has 2 N–H and O–H groups in total. The highest BCUT2D eigenvalue weighted by Crippen LogP contribution is 2.38. The molecule has 1 unspecified atom stereocenters. The van der Waals surface area contributed by atoms with Crippen LogP contribution in [-0.2, 0) is 6.54 Å². The first kappa shape index (κ1) is 14.3. The molecule has 2 heterocycles. The number of aromatic amines is 1. The smallest absolute Gasteiger partial charge is 0.187 e. The van der Waals surface area contributed by atoms with E-state index in [1.807, 2.05) is 20.8 Å². The number of nitrogens with zero attached hydrogens (tertiary/aromatic N) is 1. The van der Waals surface area contributed by atoms with Crippen molar-refractivity contribution in [1.82, 2.24) is 9.88 Å². The maximum atomic E-state index is 11.9. The molecule has 106 valence electrons. The normalized spacial score (nSPS) is 26.8. The van der Waals surface area contributed by atoms with Crippen LogP contribution in [0.25, 0.3) is 0 Å². The lowest BCUT2D eigenvalue weighted by atomic mass is 9.79. The predicted molar refractivity (Wildman–Crippen MR) is 76.2 cm³/mol. The second-order valence-corrected chi connectivity index (χ2v) is 6.71. The lowest BCUT2D eigenvalue weighted by molar-refractivity contribution is -0.0111. The number of hydrogen-bond donors (Lipinski definition) is 2. The third kappa shape index (κ3) is 2.47. The number of nitrogens with one attached hydrogen (secondary N) is 1. The summed E-state index contributed by atoms with van der Waals surface area (Å²) in [5, 5.41) is 10.4. The van der Waals surface area contributed by atoms with Gasteiger partial charge in [-0.05, 0) is 20.8 Å². The molecule has 0 bridgehead atoms. The Morgan fingerprint density at radius 1 is 1.32 bits per heavy atom. The van der Waals surface area contributed by atoms with Crippen molar-refractivity contribution in [1.29, 1.82) is 0 Å². The van der Waals surface area contributed by atoms with E-state index in [0.717, 1.165) is 23.4 Å².